The maximum atomic E-state index is 13.8. The zero-order valence-corrected chi connectivity index (χ0v) is 14.6. The molecule has 0 bridgehead atoms. The van der Waals surface area contributed by atoms with Crippen molar-refractivity contribution >= 4 is 27.3 Å². The summed E-state index contributed by atoms with van der Waals surface area (Å²) in [4.78, 5) is 12.5. The molecule has 0 aliphatic heterocycles. The van der Waals surface area contributed by atoms with Crippen molar-refractivity contribution in [3.8, 4) is 0 Å². The molecule has 5 nitrogen and oxygen atoms in total. The number of carbonyl (C=O) groups is 1. The van der Waals surface area contributed by atoms with Crippen LogP contribution in [0.4, 0.5) is 20.2 Å². The van der Waals surface area contributed by atoms with Gasteiger partial charge >= 0.3 is 0 Å². The van der Waals surface area contributed by atoms with Crippen LogP contribution in [0.3, 0.4) is 0 Å². The molecule has 27 heavy (non-hydrogen) atoms. The number of rotatable bonds is 5. The topological polar surface area (TPSA) is 75.3 Å². The lowest BCUT2D eigenvalue weighted by Gasteiger charge is -2.13. The number of hydrogen-bond donors (Lipinski definition) is 2. The van der Waals surface area contributed by atoms with E-state index in [1.165, 1.54) is 30.3 Å². The average Bonchev–Trinajstić information content (AvgIpc) is 2.65. The van der Waals surface area contributed by atoms with Gasteiger partial charge in [-0.3, -0.25) is 9.52 Å². The summed E-state index contributed by atoms with van der Waals surface area (Å²) in [6.45, 7) is 0. The Morgan fingerprint density at radius 2 is 1.48 bits per heavy atom. The zero-order chi connectivity index (χ0) is 19.4. The van der Waals surface area contributed by atoms with Gasteiger partial charge in [0.1, 0.15) is 11.6 Å². The second kappa shape index (κ2) is 7.55. The minimum Gasteiger partial charge on any atom is -0.319 e. The second-order valence-electron chi connectivity index (χ2n) is 5.54. The van der Waals surface area contributed by atoms with E-state index in [0.29, 0.717) is 6.07 Å². The van der Waals surface area contributed by atoms with Crippen LogP contribution in [0.1, 0.15) is 10.4 Å². The van der Waals surface area contributed by atoms with Crippen molar-refractivity contribution in [1.82, 2.24) is 0 Å². The van der Waals surface area contributed by atoms with Crippen LogP contribution >= 0.6 is 0 Å². The molecule has 3 rings (SSSR count). The Morgan fingerprint density at radius 1 is 0.815 bits per heavy atom. The van der Waals surface area contributed by atoms with Crippen LogP contribution in [-0.2, 0) is 10.0 Å². The third kappa shape index (κ3) is 4.29. The molecule has 3 aromatic rings. The molecule has 1 amide bonds. The number of nitrogens with one attached hydrogen (secondary N) is 2. The molecule has 0 aromatic heterocycles. The van der Waals surface area contributed by atoms with Crippen LogP contribution in [0.2, 0.25) is 0 Å². The lowest BCUT2D eigenvalue weighted by Crippen LogP contribution is -2.19. The summed E-state index contributed by atoms with van der Waals surface area (Å²) in [6.07, 6.45) is 0. The van der Waals surface area contributed by atoms with Crippen LogP contribution in [0.25, 0.3) is 0 Å². The Labute approximate surface area is 154 Å². The van der Waals surface area contributed by atoms with E-state index < -0.39 is 27.6 Å². The SMILES string of the molecule is O=C(Nc1ccc(F)cc1F)c1ccccc1NS(=O)(=O)c1ccccc1. The average molecular weight is 388 g/mol. The van der Waals surface area contributed by atoms with Gasteiger partial charge in [-0.15, -0.1) is 0 Å². The molecular weight excluding hydrogens is 374 g/mol. The number of sulfonamides is 1. The van der Waals surface area contributed by atoms with E-state index in [2.05, 4.69) is 10.0 Å². The Morgan fingerprint density at radius 3 is 2.19 bits per heavy atom. The van der Waals surface area contributed by atoms with Crippen molar-refractivity contribution in [2.45, 2.75) is 4.90 Å². The zero-order valence-electron chi connectivity index (χ0n) is 13.8. The van der Waals surface area contributed by atoms with Crippen molar-refractivity contribution in [2.24, 2.45) is 0 Å². The highest BCUT2D eigenvalue weighted by Gasteiger charge is 2.19. The molecular formula is C19H14F2N2O3S. The summed E-state index contributed by atoms with van der Waals surface area (Å²) in [5.41, 5.74) is -0.204. The van der Waals surface area contributed by atoms with Gasteiger partial charge in [0.2, 0.25) is 0 Å². The van der Waals surface area contributed by atoms with Crippen LogP contribution in [0.15, 0.2) is 77.7 Å². The number of amides is 1. The number of anilines is 2. The van der Waals surface area contributed by atoms with Gasteiger partial charge in [-0.25, -0.2) is 17.2 Å². The summed E-state index contributed by atoms with van der Waals surface area (Å²) in [5, 5.41) is 2.30. The Hall–Kier alpha value is -3.26. The van der Waals surface area contributed by atoms with Crippen molar-refractivity contribution in [3.05, 3.63) is 90.0 Å². The number of benzene rings is 3. The van der Waals surface area contributed by atoms with Crippen molar-refractivity contribution in [2.75, 3.05) is 10.0 Å². The fourth-order valence-corrected chi connectivity index (χ4v) is 3.45. The molecule has 0 radical (unpaired) electrons. The van der Waals surface area contributed by atoms with Gasteiger partial charge in [-0.05, 0) is 36.4 Å². The molecule has 8 heteroatoms. The Balaban J connectivity index is 1.89. The smallest absolute Gasteiger partial charge is 0.261 e. The monoisotopic (exact) mass is 388 g/mol. The molecule has 0 unspecified atom stereocenters. The minimum absolute atomic E-state index is 0.0132. The fourth-order valence-electron chi connectivity index (χ4n) is 2.35. The van der Waals surface area contributed by atoms with E-state index in [9.17, 15) is 22.0 Å². The maximum Gasteiger partial charge on any atom is 0.261 e. The summed E-state index contributed by atoms with van der Waals surface area (Å²) in [7, 11) is -3.91. The highest BCUT2D eigenvalue weighted by molar-refractivity contribution is 7.92. The first-order chi connectivity index (χ1) is 12.9. The van der Waals surface area contributed by atoms with Gasteiger partial charge in [0.05, 0.1) is 21.8 Å². The van der Waals surface area contributed by atoms with E-state index in [1.807, 2.05) is 0 Å². The largest absolute Gasteiger partial charge is 0.319 e. The van der Waals surface area contributed by atoms with Crippen molar-refractivity contribution in [3.63, 3.8) is 0 Å². The third-order valence-corrected chi connectivity index (χ3v) is 5.03. The highest BCUT2D eigenvalue weighted by atomic mass is 32.2. The predicted octanol–water partition coefficient (Wildman–Crippen LogP) is 4.02. The molecule has 0 saturated carbocycles. The molecule has 0 fully saturated rings. The van der Waals surface area contributed by atoms with Crippen LogP contribution in [0, 0.1) is 11.6 Å². The van der Waals surface area contributed by atoms with Gasteiger partial charge in [-0.1, -0.05) is 30.3 Å². The quantitative estimate of drug-likeness (QED) is 0.693. The molecule has 0 heterocycles. The Kier molecular flexibility index (Phi) is 5.18. The molecule has 0 spiro atoms. The van der Waals surface area contributed by atoms with Crippen LogP contribution in [-0.4, -0.2) is 14.3 Å². The summed E-state index contributed by atoms with van der Waals surface area (Å²) in [6, 6.07) is 16.3. The minimum atomic E-state index is -3.91. The first-order valence-corrected chi connectivity index (χ1v) is 9.28. The summed E-state index contributed by atoms with van der Waals surface area (Å²) in [5.74, 6) is -2.46. The number of hydrogen-bond acceptors (Lipinski definition) is 3. The second-order valence-corrected chi connectivity index (χ2v) is 7.22. The molecule has 2 N–H and O–H groups in total. The molecule has 0 atom stereocenters. The van der Waals surface area contributed by atoms with Gasteiger partial charge in [0.25, 0.3) is 15.9 Å². The van der Waals surface area contributed by atoms with E-state index in [4.69, 9.17) is 0 Å². The van der Waals surface area contributed by atoms with Crippen LogP contribution < -0.4 is 10.0 Å². The predicted molar refractivity (Wildman–Crippen MR) is 98.0 cm³/mol. The molecule has 0 saturated heterocycles. The van der Waals surface area contributed by atoms with Crippen molar-refractivity contribution in [1.29, 1.82) is 0 Å². The van der Waals surface area contributed by atoms with E-state index in [0.717, 1.165) is 12.1 Å². The molecule has 0 aliphatic rings. The van der Waals surface area contributed by atoms with Crippen LogP contribution in [0.5, 0.6) is 0 Å². The maximum absolute atomic E-state index is 13.8. The number of halogens is 2. The summed E-state index contributed by atoms with van der Waals surface area (Å²) >= 11 is 0. The normalized spacial score (nSPS) is 11.0. The number of para-hydroxylation sites is 1. The third-order valence-electron chi connectivity index (χ3n) is 3.65. The standard InChI is InChI=1S/C19H14F2N2O3S/c20-13-10-11-18(16(21)12-13)22-19(24)15-8-4-5-9-17(15)23-27(25,26)14-6-2-1-3-7-14/h1-12,23H,(H,22,24). The molecule has 138 valence electrons. The number of carbonyl (C=O) groups excluding carboxylic acids is 1. The fraction of sp³-hybridized carbons (Fsp3) is 0. The van der Waals surface area contributed by atoms with Gasteiger partial charge < -0.3 is 5.32 Å². The lowest BCUT2D eigenvalue weighted by atomic mass is 10.1. The first-order valence-electron chi connectivity index (χ1n) is 7.80. The van der Waals surface area contributed by atoms with Gasteiger partial charge in [-0.2, -0.15) is 0 Å². The van der Waals surface area contributed by atoms with E-state index >= 15 is 0 Å². The summed E-state index contributed by atoms with van der Waals surface area (Å²) < 4.78 is 54.1. The van der Waals surface area contributed by atoms with E-state index in [1.54, 1.807) is 24.3 Å². The lowest BCUT2D eigenvalue weighted by molar-refractivity contribution is 0.102. The van der Waals surface area contributed by atoms with Gasteiger partial charge in [0.15, 0.2) is 0 Å². The first kappa shape index (κ1) is 18.5. The van der Waals surface area contributed by atoms with Crippen molar-refractivity contribution < 1.29 is 22.0 Å². The van der Waals surface area contributed by atoms with E-state index in [-0.39, 0.29) is 21.8 Å². The van der Waals surface area contributed by atoms with Gasteiger partial charge in [0, 0.05) is 6.07 Å². The highest BCUT2D eigenvalue weighted by Crippen LogP contribution is 2.22. The molecule has 0 aliphatic carbocycles. The Bertz CT molecular complexity index is 1090. The molecule has 3 aromatic carbocycles.